The highest BCUT2D eigenvalue weighted by Crippen LogP contribution is 2.13. The maximum atomic E-state index is 13.4. The van der Waals surface area contributed by atoms with Gasteiger partial charge in [-0.3, -0.25) is 15.6 Å². The van der Waals surface area contributed by atoms with Crippen LogP contribution < -0.4 is 16.2 Å². The summed E-state index contributed by atoms with van der Waals surface area (Å²) < 4.78 is 13.4. The lowest BCUT2D eigenvalue weighted by atomic mass is 10.1. The lowest BCUT2D eigenvalue weighted by Crippen LogP contribution is -2.43. The molecule has 0 bridgehead atoms. The van der Waals surface area contributed by atoms with Crippen molar-refractivity contribution in [1.29, 1.82) is 0 Å². The number of nitrogens with one attached hydrogen (secondary N) is 3. The molecule has 0 aliphatic rings. The minimum Gasteiger partial charge on any atom is -0.331 e. The zero-order chi connectivity index (χ0) is 16.7. The number of carbonyl (C=O) groups is 1. The van der Waals surface area contributed by atoms with Crippen LogP contribution in [0.3, 0.4) is 0 Å². The molecule has 7 heteroatoms. The van der Waals surface area contributed by atoms with E-state index in [-0.39, 0.29) is 23.3 Å². The van der Waals surface area contributed by atoms with Crippen molar-refractivity contribution in [2.75, 3.05) is 5.32 Å². The number of hydrazine groups is 1. The monoisotopic (exact) mass is 351 g/mol. The Morgan fingerprint density at radius 2 is 1.78 bits per heavy atom. The molecule has 2 aromatic rings. The third kappa shape index (κ3) is 5.84. The fraction of sp³-hybridized carbons (Fsp3) is 0.125. The molecule has 0 unspecified atom stereocenters. The van der Waals surface area contributed by atoms with Crippen LogP contribution in [0.2, 0.25) is 5.02 Å². The Hall–Kier alpha value is -2.18. The van der Waals surface area contributed by atoms with Gasteiger partial charge in [-0.25, -0.2) is 4.39 Å². The van der Waals surface area contributed by atoms with Crippen LogP contribution in [0.1, 0.15) is 12.0 Å². The average Bonchev–Trinajstić information content (AvgIpc) is 2.54. The van der Waals surface area contributed by atoms with Crippen LogP contribution in [0.4, 0.5) is 10.1 Å². The highest BCUT2D eigenvalue weighted by molar-refractivity contribution is 7.80. The second-order valence-electron chi connectivity index (χ2n) is 4.73. The van der Waals surface area contributed by atoms with Crippen LogP contribution in [-0.4, -0.2) is 11.0 Å². The molecule has 2 aromatic carbocycles. The highest BCUT2D eigenvalue weighted by atomic mass is 35.5. The molecule has 0 spiro atoms. The second-order valence-corrected chi connectivity index (χ2v) is 5.57. The van der Waals surface area contributed by atoms with Gasteiger partial charge in [0.05, 0.1) is 0 Å². The van der Waals surface area contributed by atoms with E-state index in [0.717, 1.165) is 5.69 Å². The number of amides is 1. The van der Waals surface area contributed by atoms with Gasteiger partial charge in [0.15, 0.2) is 5.11 Å². The Labute approximate surface area is 144 Å². The molecule has 0 atom stereocenters. The van der Waals surface area contributed by atoms with E-state index in [1.165, 1.54) is 6.07 Å². The lowest BCUT2D eigenvalue weighted by Gasteiger charge is -2.11. The average molecular weight is 352 g/mol. The number of halogens is 2. The largest absolute Gasteiger partial charge is 0.331 e. The molecule has 0 aliphatic carbocycles. The number of carbonyl (C=O) groups excluding carboxylic acids is 1. The summed E-state index contributed by atoms with van der Waals surface area (Å²) in [6, 6.07) is 13.3. The standard InChI is InChI=1S/C16H15ClFN3OS/c17-12-6-8-13(9-7-12)19-16(23)21-20-15(22)10-5-11-3-1-2-4-14(11)18/h1-4,6-9H,5,10H2,(H,20,22)(H2,19,21,23). The molecule has 2 rings (SSSR count). The molecule has 0 fully saturated rings. The van der Waals surface area contributed by atoms with E-state index in [1.54, 1.807) is 42.5 Å². The Balaban J connectivity index is 1.72. The van der Waals surface area contributed by atoms with Crippen LogP contribution in [0, 0.1) is 5.82 Å². The first-order valence-corrected chi connectivity index (χ1v) is 7.68. The van der Waals surface area contributed by atoms with Gasteiger partial charge in [0, 0.05) is 17.1 Å². The number of anilines is 1. The Kier molecular flexibility index (Phi) is 6.31. The molecule has 0 aliphatic heterocycles. The summed E-state index contributed by atoms with van der Waals surface area (Å²) in [5.41, 5.74) is 6.30. The Bertz CT molecular complexity index is 694. The van der Waals surface area contributed by atoms with Gasteiger partial charge in [0.2, 0.25) is 5.91 Å². The van der Waals surface area contributed by atoms with E-state index in [0.29, 0.717) is 17.0 Å². The van der Waals surface area contributed by atoms with Crippen LogP contribution in [-0.2, 0) is 11.2 Å². The number of thiocarbonyl (C=S) groups is 1. The zero-order valence-corrected chi connectivity index (χ0v) is 13.7. The number of hydrogen-bond donors (Lipinski definition) is 3. The Morgan fingerprint density at radius 3 is 2.48 bits per heavy atom. The van der Waals surface area contributed by atoms with E-state index in [9.17, 15) is 9.18 Å². The van der Waals surface area contributed by atoms with Gasteiger partial charge in [-0.2, -0.15) is 0 Å². The molecular weight excluding hydrogens is 337 g/mol. The van der Waals surface area contributed by atoms with Gasteiger partial charge >= 0.3 is 0 Å². The van der Waals surface area contributed by atoms with Gasteiger partial charge in [-0.05, 0) is 54.5 Å². The molecule has 0 heterocycles. The van der Waals surface area contributed by atoms with Crippen molar-refractivity contribution in [3.05, 3.63) is 64.9 Å². The fourth-order valence-electron chi connectivity index (χ4n) is 1.83. The first kappa shape index (κ1) is 17.2. The van der Waals surface area contributed by atoms with Crippen molar-refractivity contribution < 1.29 is 9.18 Å². The maximum absolute atomic E-state index is 13.4. The van der Waals surface area contributed by atoms with Crippen molar-refractivity contribution in [3.8, 4) is 0 Å². The molecule has 0 radical (unpaired) electrons. The molecule has 3 N–H and O–H groups in total. The molecule has 0 aromatic heterocycles. The summed E-state index contributed by atoms with van der Waals surface area (Å²) in [5.74, 6) is -0.596. The molecule has 4 nitrogen and oxygen atoms in total. The van der Waals surface area contributed by atoms with E-state index < -0.39 is 0 Å². The predicted octanol–water partition coefficient (Wildman–Crippen LogP) is 3.43. The summed E-state index contributed by atoms with van der Waals surface area (Å²) in [6.07, 6.45) is 0.467. The summed E-state index contributed by atoms with van der Waals surface area (Å²) in [6.45, 7) is 0. The molecule has 0 saturated carbocycles. The van der Waals surface area contributed by atoms with Crippen molar-refractivity contribution in [2.24, 2.45) is 0 Å². The fourth-order valence-corrected chi connectivity index (χ4v) is 2.13. The van der Waals surface area contributed by atoms with Gasteiger partial charge in [0.1, 0.15) is 5.82 Å². The van der Waals surface area contributed by atoms with Crippen molar-refractivity contribution in [3.63, 3.8) is 0 Å². The normalized spacial score (nSPS) is 10.0. The SMILES string of the molecule is O=C(CCc1ccccc1F)NNC(=S)Nc1ccc(Cl)cc1. The summed E-state index contributed by atoms with van der Waals surface area (Å²) in [7, 11) is 0. The number of benzene rings is 2. The van der Waals surface area contributed by atoms with E-state index in [4.69, 9.17) is 23.8 Å². The van der Waals surface area contributed by atoms with Crippen LogP contribution in [0.15, 0.2) is 48.5 Å². The lowest BCUT2D eigenvalue weighted by molar-refractivity contribution is -0.121. The number of rotatable bonds is 4. The van der Waals surface area contributed by atoms with E-state index in [2.05, 4.69) is 16.2 Å². The van der Waals surface area contributed by atoms with Crippen molar-refractivity contribution >= 4 is 40.5 Å². The van der Waals surface area contributed by atoms with Crippen LogP contribution >= 0.6 is 23.8 Å². The first-order valence-electron chi connectivity index (χ1n) is 6.89. The Morgan fingerprint density at radius 1 is 1.09 bits per heavy atom. The quantitative estimate of drug-likeness (QED) is 0.583. The third-order valence-electron chi connectivity index (χ3n) is 3.00. The first-order chi connectivity index (χ1) is 11.0. The molecule has 120 valence electrons. The topological polar surface area (TPSA) is 53.2 Å². The third-order valence-corrected chi connectivity index (χ3v) is 3.45. The minimum atomic E-state index is -0.312. The highest BCUT2D eigenvalue weighted by Gasteiger charge is 2.06. The molecular formula is C16H15ClFN3OS. The summed E-state index contributed by atoms with van der Waals surface area (Å²) >= 11 is 10.8. The summed E-state index contributed by atoms with van der Waals surface area (Å²) in [4.78, 5) is 11.7. The van der Waals surface area contributed by atoms with Gasteiger partial charge in [0.25, 0.3) is 0 Å². The van der Waals surface area contributed by atoms with Crippen molar-refractivity contribution in [2.45, 2.75) is 12.8 Å². The summed E-state index contributed by atoms with van der Waals surface area (Å²) in [5, 5.41) is 3.76. The van der Waals surface area contributed by atoms with Crippen molar-refractivity contribution in [1.82, 2.24) is 10.9 Å². The molecule has 23 heavy (non-hydrogen) atoms. The number of hydrogen-bond acceptors (Lipinski definition) is 2. The zero-order valence-electron chi connectivity index (χ0n) is 12.1. The van der Waals surface area contributed by atoms with Crippen LogP contribution in [0.25, 0.3) is 0 Å². The van der Waals surface area contributed by atoms with E-state index >= 15 is 0 Å². The predicted molar refractivity (Wildman–Crippen MR) is 93.7 cm³/mol. The second kappa shape index (κ2) is 8.45. The molecule has 1 amide bonds. The van der Waals surface area contributed by atoms with Gasteiger partial charge in [-0.1, -0.05) is 29.8 Å². The smallest absolute Gasteiger partial charge is 0.238 e. The maximum Gasteiger partial charge on any atom is 0.238 e. The van der Waals surface area contributed by atoms with Gasteiger partial charge < -0.3 is 5.32 Å². The van der Waals surface area contributed by atoms with Crippen LogP contribution in [0.5, 0.6) is 0 Å². The number of aryl methyl sites for hydroxylation is 1. The van der Waals surface area contributed by atoms with E-state index in [1.807, 2.05) is 0 Å². The van der Waals surface area contributed by atoms with Gasteiger partial charge in [-0.15, -0.1) is 0 Å². The minimum absolute atomic E-state index is 0.150. The molecule has 0 saturated heterocycles.